The number of likely N-dealkylation sites (N-methyl/N-ethyl adjacent to an activating group) is 1. The van der Waals surface area contributed by atoms with Gasteiger partial charge in [0, 0.05) is 44.1 Å². The summed E-state index contributed by atoms with van der Waals surface area (Å²) in [7, 11) is 5.68. The fourth-order valence-corrected chi connectivity index (χ4v) is 4.20. The first-order valence-electron chi connectivity index (χ1n) is 10.3. The maximum Gasteiger partial charge on any atom is 0.223 e. The molecule has 7 nitrogen and oxygen atoms in total. The number of anilines is 1. The zero-order valence-corrected chi connectivity index (χ0v) is 17.2. The van der Waals surface area contributed by atoms with Crippen LogP contribution in [0.5, 0.6) is 11.5 Å². The first-order valence-corrected chi connectivity index (χ1v) is 10.3. The van der Waals surface area contributed by atoms with E-state index in [-0.39, 0.29) is 0 Å². The Hall–Kier alpha value is -2.12. The lowest BCUT2D eigenvalue weighted by atomic mass is 9.93. The van der Waals surface area contributed by atoms with E-state index in [0.717, 1.165) is 54.2 Å². The van der Waals surface area contributed by atoms with Gasteiger partial charge in [0.15, 0.2) is 11.5 Å². The molecular weight excluding hydrogens is 354 g/mol. The highest BCUT2D eigenvalue weighted by Gasteiger charge is 2.29. The summed E-state index contributed by atoms with van der Waals surface area (Å²) in [4.78, 5) is 14.2. The molecule has 3 heterocycles. The summed E-state index contributed by atoms with van der Waals surface area (Å²) in [6.07, 6.45) is 3.67. The quantitative estimate of drug-likeness (QED) is 0.701. The van der Waals surface area contributed by atoms with E-state index in [1.165, 1.54) is 25.9 Å². The summed E-state index contributed by atoms with van der Waals surface area (Å²) in [5.74, 6) is 2.60. The second kappa shape index (κ2) is 8.49. The first kappa shape index (κ1) is 19.2. The van der Waals surface area contributed by atoms with Gasteiger partial charge in [-0.1, -0.05) is 0 Å². The third-order valence-corrected chi connectivity index (χ3v) is 5.76. The molecule has 0 spiro atoms. The molecule has 0 amide bonds. The van der Waals surface area contributed by atoms with Gasteiger partial charge in [0.05, 0.1) is 24.9 Å². The van der Waals surface area contributed by atoms with Gasteiger partial charge < -0.3 is 24.6 Å². The lowest BCUT2D eigenvalue weighted by molar-refractivity contribution is 0.188. The Morgan fingerprint density at radius 3 is 2.61 bits per heavy atom. The molecule has 1 aromatic carbocycles. The van der Waals surface area contributed by atoms with Crippen LogP contribution in [0.1, 0.15) is 30.9 Å². The molecule has 1 N–H and O–H groups in total. The van der Waals surface area contributed by atoms with Crippen LogP contribution in [0.4, 0.5) is 5.95 Å². The molecule has 0 bridgehead atoms. The Morgan fingerprint density at radius 2 is 1.93 bits per heavy atom. The van der Waals surface area contributed by atoms with Crippen LogP contribution in [-0.2, 0) is 0 Å². The highest BCUT2D eigenvalue weighted by atomic mass is 16.5. The van der Waals surface area contributed by atoms with E-state index in [0.29, 0.717) is 18.5 Å². The van der Waals surface area contributed by atoms with E-state index in [1.54, 1.807) is 7.11 Å². The normalized spacial score (nSPS) is 18.4. The van der Waals surface area contributed by atoms with E-state index < -0.39 is 0 Å². The van der Waals surface area contributed by atoms with Crippen LogP contribution in [0.2, 0.25) is 0 Å². The van der Waals surface area contributed by atoms with E-state index in [4.69, 9.17) is 14.5 Å². The molecule has 0 radical (unpaired) electrons. The maximum absolute atomic E-state index is 6.09. The van der Waals surface area contributed by atoms with Crippen molar-refractivity contribution < 1.29 is 9.47 Å². The molecule has 2 fully saturated rings. The average Bonchev–Trinajstić information content (AvgIpc) is 3.21. The van der Waals surface area contributed by atoms with Gasteiger partial charge in [-0.3, -0.25) is 0 Å². The van der Waals surface area contributed by atoms with E-state index in [1.807, 2.05) is 19.2 Å². The fraction of sp³-hybridized carbons (Fsp3) is 0.619. The third-order valence-electron chi connectivity index (χ3n) is 5.76. The van der Waals surface area contributed by atoms with E-state index in [9.17, 15) is 0 Å². The zero-order valence-electron chi connectivity index (χ0n) is 17.2. The second-order valence-corrected chi connectivity index (χ2v) is 7.87. The molecule has 0 atom stereocenters. The van der Waals surface area contributed by atoms with Crippen LogP contribution in [0, 0.1) is 0 Å². The summed E-state index contributed by atoms with van der Waals surface area (Å²) in [6.45, 7) is 6.27. The summed E-state index contributed by atoms with van der Waals surface area (Å²) < 4.78 is 11.7. The molecule has 1 aromatic heterocycles. The third kappa shape index (κ3) is 4.00. The van der Waals surface area contributed by atoms with E-state index >= 15 is 0 Å². The molecule has 28 heavy (non-hydrogen) atoms. The Balaban J connectivity index is 1.54. The van der Waals surface area contributed by atoms with Crippen molar-refractivity contribution in [2.45, 2.75) is 25.2 Å². The second-order valence-electron chi connectivity index (χ2n) is 7.87. The van der Waals surface area contributed by atoms with Gasteiger partial charge in [0.1, 0.15) is 0 Å². The van der Waals surface area contributed by atoms with Crippen molar-refractivity contribution in [2.24, 2.45) is 0 Å². The van der Waals surface area contributed by atoms with Gasteiger partial charge >= 0.3 is 0 Å². The van der Waals surface area contributed by atoms with Gasteiger partial charge in [0.25, 0.3) is 0 Å². The number of hydrogen-bond acceptors (Lipinski definition) is 7. The van der Waals surface area contributed by atoms with Crippen LogP contribution >= 0.6 is 0 Å². The molecule has 0 aliphatic carbocycles. The number of fused-ring (bicyclic) bond motifs is 1. The molecule has 152 valence electrons. The van der Waals surface area contributed by atoms with Gasteiger partial charge in [0.2, 0.25) is 5.95 Å². The molecule has 2 aliphatic heterocycles. The largest absolute Gasteiger partial charge is 0.493 e. The molecule has 0 unspecified atom stereocenters. The number of benzene rings is 1. The van der Waals surface area contributed by atoms with Crippen molar-refractivity contribution in [2.75, 3.05) is 65.9 Å². The Labute approximate surface area is 167 Å². The number of methoxy groups -OCH3 is 1. The summed E-state index contributed by atoms with van der Waals surface area (Å²) in [5, 5.41) is 4.15. The van der Waals surface area contributed by atoms with Gasteiger partial charge in [-0.05, 0) is 45.5 Å². The van der Waals surface area contributed by atoms with Crippen LogP contribution in [0.3, 0.4) is 0 Å². The zero-order chi connectivity index (χ0) is 19.5. The van der Waals surface area contributed by atoms with Crippen LogP contribution in [0.15, 0.2) is 12.1 Å². The number of nitrogens with zero attached hydrogens (tertiary/aromatic N) is 4. The topological polar surface area (TPSA) is 62.8 Å². The molecule has 7 heteroatoms. The lowest BCUT2D eigenvalue weighted by Crippen LogP contribution is -2.42. The average molecular weight is 386 g/mol. The minimum absolute atomic E-state index is 0.430. The predicted octanol–water partition coefficient (Wildman–Crippen LogP) is 2.57. The maximum atomic E-state index is 6.09. The van der Waals surface area contributed by atoms with Crippen molar-refractivity contribution in [1.82, 2.24) is 19.8 Å². The summed E-state index contributed by atoms with van der Waals surface area (Å²) in [6, 6.07) is 4.04. The Bertz CT molecular complexity index is 816. The molecular formula is C21H31N5O2. The van der Waals surface area contributed by atoms with Crippen molar-refractivity contribution in [1.29, 1.82) is 0 Å². The van der Waals surface area contributed by atoms with Crippen LogP contribution in [-0.4, -0.2) is 80.3 Å². The summed E-state index contributed by atoms with van der Waals surface area (Å²) in [5.41, 5.74) is 1.99. The minimum atomic E-state index is 0.430. The monoisotopic (exact) mass is 385 g/mol. The van der Waals surface area contributed by atoms with Crippen molar-refractivity contribution >= 4 is 16.9 Å². The highest BCUT2D eigenvalue weighted by Crippen LogP contribution is 2.37. The number of rotatable bonds is 8. The Kier molecular flexibility index (Phi) is 5.82. The standard InChI is InChI=1S/C21H31N5O2/c1-22-21-23-17-12-19(28-10-6-9-26-7-4-5-8-26)18(27-3)11-16(17)20(24-21)15-13-25(2)14-15/h11-12,15H,4-10,13-14H2,1-3H3,(H,22,23,24). The number of aromatic nitrogens is 2. The smallest absolute Gasteiger partial charge is 0.223 e. The number of hydrogen-bond donors (Lipinski definition) is 1. The lowest BCUT2D eigenvalue weighted by Gasteiger charge is -2.36. The van der Waals surface area contributed by atoms with Crippen molar-refractivity contribution in [3.8, 4) is 11.5 Å². The number of nitrogens with one attached hydrogen (secondary N) is 1. The van der Waals surface area contributed by atoms with E-state index in [2.05, 4.69) is 27.1 Å². The highest BCUT2D eigenvalue weighted by molar-refractivity contribution is 5.86. The minimum Gasteiger partial charge on any atom is -0.493 e. The molecule has 2 aliphatic rings. The number of ether oxygens (including phenoxy) is 2. The van der Waals surface area contributed by atoms with Gasteiger partial charge in [-0.15, -0.1) is 0 Å². The van der Waals surface area contributed by atoms with Crippen molar-refractivity contribution in [3.05, 3.63) is 17.8 Å². The predicted molar refractivity (Wildman–Crippen MR) is 112 cm³/mol. The molecule has 4 rings (SSSR count). The fourth-order valence-electron chi connectivity index (χ4n) is 4.20. The Morgan fingerprint density at radius 1 is 1.14 bits per heavy atom. The molecule has 2 aromatic rings. The van der Waals surface area contributed by atoms with Gasteiger partial charge in [-0.2, -0.15) is 0 Å². The summed E-state index contributed by atoms with van der Waals surface area (Å²) >= 11 is 0. The van der Waals surface area contributed by atoms with Crippen LogP contribution < -0.4 is 14.8 Å². The van der Waals surface area contributed by atoms with Crippen LogP contribution in [0.25, 0.3) is 10.9 Å². The SMILES string of the molecule is CNc1nc(C2CN(C)C2)c2cc(OC)c(OCCCN3CCCC3)cc2n1. The van der Waals surface area contributed by atoms with Gasteiger partial charge in [-0.25, -0.2) is 9.97 Å². The van der Waals surface area contributed by atoms with Crippen molar-refractivity contribution in [3.63, 3.8) is 0 Å². The molecule has 2 saturated heterocycles. The molecule has 0 saturated carbocycles. The first-order chi connectivity index (χ1) is 13.7. The number of likely N-dealkylation sites (tertiary alicyclic amines) is 2.